The molecule has 0 radical (unpaired) electrons. The van der Waals surface area contributed by atoms with E-state index in [1.807, 2.05) is 60.2 Å². The highest BCUT2D eigenvalue weighted by Gasteiger charge is 2.38. The lowest BCUT2D eigenvalue weighted by atomic mass is 10.1. The summed E-state index contributed by atoms with van der Waals surface area (Å²) in [7, 11) is 0. The average Bonchev–Trinajstić information content (AvgIpc) is 3.12. The van der Waals surface area contributed by atoms with E-state index in [0.29, 0.717) is 19.8 Å². The first-order chi connectivity index (χ1) is 11.7. The van der Waals surface area contributed by atoms with Gasteiger partial charge in [-0.1, -0.05) is 18.2 Å². The van der Waals surface area contributed by atoms with Crippen LogP contribution >= 0.6 is 0 Å². The van der Waals surface area contributed by atoms with Crippen LogP contribution in [-0.2, 0) is 14.2 Å². The number of ether oxygens (including phenoxy) is 3. The molecule has 2 aromatic rings. The van der Waals surface area contributed by atoms with E-state index in [2.05, 4.69) is 12.0 Å². The molecule has 2 aliphatic heterocycles. The van der Waals surface area contributed by atoms with Crippen molar-refractivity contribution < 1.29 is 14.2 Å². The van der Waals surface area contributed by atoms with Crippen LogP contribution in [0, 0.1) is 13.8 Å². The van der Waals surface area contributed by atoms with E-state index >= 15 is 0 Å². The van der Waals surface area contributed by atoms with Crippen LogP contribution in [0.15, 0.2) is 48.2 Å². The molecule has 5 heteroatoms. The monoisotopic (exact) mass is 324 g/mol. The van der Waals surface area contributed by atoms with E-state index in [9.17, 15) is 0 Å². The molecule has 0 bridgehead atoms. The van der Waals surface area contributed by atoms with Gasteiger partial charge in [0, 0.05) is 11.3 Å². The van der Waals surface area contributed by atoms with Crippen LogP contribution in [0.3, 0.4) is 0 Å². The zero-order chi connectivity index (χ0) is 16.6. The summed E-state index contributed by atoms with van der Waals surface area (Å²) in [5.74, 6) is 0.000669. The Hall–Kier alpha value is -2.37. The molecule has 3 heterocycles. The summed E-state index contributed by atoms with van der Waals surface area (Å²) in [6, 6.07) is 10.1. The van der Waals surface area contributed by atoms with Crippen LogP contribution in [0.2, 0.25) is 0 Å². The van der Waals surface area contributed by atoms with E-state index < -0.39 is 5.79 Å². The second-order valence-electron chi connectivity index (χ2n) is 6.03. The smallest absolute Gasteiger partial charge is 0.254 e. The zero-order valence-electron chi connectivity index (χ0n) is 13.9. The predicted octanol–water partition coefficient (Wildman–Crippen LogP) is 3.16. The van der Waals surface area contributed by atoms with Crippen LogP contribution in [0.5, 0.6) is 0 Å². The molecule has 1 unspecified atom stereocenters. The van der Waals surface area contributed by atoms with E-state index in [1.54, 1.807) is 0 Å². The summed E-state index contributed by atoms with van der Waals surface area (Å²) in [6.07, 6.45) is 5.87. The number of para-hydroxylation sites is 1. The summed E-state index contributed by atoms with van der Waals surface area (Å²) in [5.41, 5.74) is 4.14. The Morgan fingerprint density at radius 1 is 1.17 bits per heavy atom. The summed E-state index contributed by atoms with van der Waals surface area (Å²) in [4.78, 5) is 0. The number of aromatic nitrogens is 2. The van der Waals surface area contributed by atoms with Crippen molar-refractivity contribution in [3.63, 3.8) is 0 Å². The molecular formula is C19H20N2O3. The SMILES string of the molecule is Cc1nn(-c2ccccc2)c(C)c1/C=C1/C=CC2(COCCO2)O1. The zero-order valence-corrected chi connectivity index (χ0v) is 13.9. The quantitative estimate of drug-likeness (QED) is 0.851. The van der Waals surface area contributed by atoms with Gasteiger partial charge in [-0.25, -0.2) is 4.68 Å². The average molecular weight is 324 g/mol. The summed E-state index contributed by atoms with van der Waals surface area (Å²) >= 11 is 0. The second kappa shape index (κ2) is 5.92. The van der Waals surface area contributed by atoms with Crippen molar-refractivity contribution in [2.45, 2.75) is 19.6 Å². The van der Waals surface area contributed by atoms with Crippen molar-refractivity contribution in [3.8, 4) is 5.69 Å². The maximum absolute atomic E-state index is 5.98. The van der Waals surface area contributed by atoms with Crippen molar-refractivity contribution in [2.24, 2.45) is 0 Å². The Balaban J connectivity index is 1.64. The van der Waals surface area contributed by atoms with Gasteiger partial charge in [0.2, 0.25) is 0 Å². The minimum Gasteiger partial charge on any atom is -0.456 e. The van der Waals surface area contributed by atoms with Crippen LogP contribution in [0.4, 0.5) is 0 Å². The summed E-state index contributed by atoms with van der Waals surface area (Å²) < 4.78 is 19.1. The molecule has 0 aliphatic carbocycles. The molecule has 1 atom stereocenters. The predicted molar refractivity (Wildman–Crippen MR) is 90.7 cm³/mol. The fourth-order valence-corrected chi connectivity index (χ4v) is 3.07. The first-order valence-corrected chi connectivity index (χ1v) is 8.10. The molecule has 1 saturated heterocycles. The molecule has 1 aromatic heterocycles. The Morgan fingerprint density at radius 2 is 2.00 bits per heavy atom. The topological polar surface area (TPSA) is 45.5 Å². The highest BCUT2D eigenvalue weighted by molar-refractivity contribution is 5.60. The first kappa shape index (κ1) is 15.2. The first-order valence-electron chi connectivity index (χ1n) is 8.10. The van der Waals surface area contributed by atoms with Gasteiger partial charge in [-0.15, -0.1) is 0 Å². The van der Waals surface area contributed by atoms with Gasteiger partial charge >= 0.3 is 0 Å². The van der Waals surface area contributed by atoms with E-state index in [0.717, 1.165) is 28.4 Å². The minimum atomic E-state index is -0.763. The molecule has 0 N–H and O–H groups in total. The lowest BCUT2D eigenvalue weighted by Gasteiger charge is -2.31. The molecule has 1 fully saturated rings. The molecule has 2 aliphatic rings. The van der Waals surface area contributed by atoms with E-state index in [4.69, 9.17) is 14.2 Å². The Labute approximate surface area is 141 Å². The highest BCUT2D eigenvalue weighted by atomic mass is 16.7. The van der Waals surface area contributed by atoms with Crippen molar-refractivity contribution in [2.75, 3.05) is 19.8 Å². The van der Waals surface area contributed by atoms with Gasteiger partial charge < -0.3 is 14.2 Å². The van der Waals surface area contributed by atoms with Crippen LogP contribution < -0.4 is 0 Å². The van der Waals surface area contributed by atoms with Crippen LogP contribution in [0.25, 0.3) is 11.8 Å². The van der Waals surface area contributed by atoms with Gasteiger partial charge in [-0.3, -0.25) is 0 Å². The van der Waals surface area contributed by atoms with Crippen molar-refractivity contribution in [1.82, 2.24) is 9.78 Å². The second-order valence-corrected chi connectivity index (χ2v) is 6.03. The van der Waals surface area contributed by atoms with Gasteiger partial charge in [0.15, 0.2) is 0 Å². The van der Waals surface area contributed by atoms with Gasteiger partial charge in [0.1, 0.15) is 12.4 Å². The van der Waals surface area contributed by atoms with Gasteiger partial charge in [0.05, 0.1) is 24.6 Å². The van der Waals surface area contributed by atoms with Crippen LogP contribution in [-0.4, -0.2) is 35.4 Å². The lowest BCUT2D eigenvalue weighted by molar-refractivity contribution is -0.239. The number of aryl methyl sites for hydroxylation is 1. The van der Waals surface area contributed by atoms with Crippen molar-refractivity contribution in [3.05, 3.63) is 65.2 Å². The maximum Gasteiger partial charge on any atom is 0.254 e. The fourth-order valence-electron chi connectivity index (χ4n) is 3.07. The van der Waals surface area contributed by atoms with E-state index in [1.165, 1.54) is 0 Å². The molecule has 4 rings (SSSR count). The Kier molecular flexibility index (Phi) is 3.75. The van der Waals surface area contributed by atoms with Gasteiger partial charge in [0.25, 0.3) is 5.79 Å². The van der Waals surface area contributed by atoms with Crippen molar-refractivity contribution in [1.29, 1.82) is 0 Å². The largest absolute Gasteiger partial charge is 0.456 e. The standard InChI is InChI=1S/C19H20N2O3/c1-14-18(15(2)21(20-14)16-6-4-3-5-7-16)12-17-8-9-19(24-17)13-22-10-11-23-19/h3-9,12H,10-11,13H2,1-2H3/b17-12-. The number of allylic oxidation sites excluding steroid dienone is 1. The molecule has 0 amide bonds. The van der Waals surface area contributed by atoms with Crippen LogP contribution in [0.1, 0.15) is 17.0 Å². The fraction of sp³-hybridized carbons (Fsp3) is 0.316. The molecule has 124 valence electrons. The third kappa shape index (κ3) is 2.66. The molecule has 24 heavy (non-hydrogen) atoms. The number of rotatable bonds is 2. The number of hydrogen-bond donors (Lipinski definition) is 0. The Morgan fingerprint density at radius 3 is 2.75 bits per heavy atom. The molecular weight excluding hydrogens is 304 g/mol. The molecule has 5 nitrogen and oxygen atoms in total. The number of hydrogen-bond acceptors (Lipinski definition) is 4. The summed E-state index contributed by atoms with van der Waals surface area (Å²) in [6.45, 7) is 5.64. The molecule has 0 saturated carbocycles. The number of benzene rings is 1. The van der Waals surface area contributed by atoms with Crippen molar-refractivity contribution >= 4 is 6.08 Å². The minimum absolute atomic E-state index is 0.419. The number of nitrogens with zero attached hydrogens (tertiary/aromatic N) is 2. The third-order valence-electron chi connectivity index (χ3n) is 4.30. The highest BCUT2D eigenvalue weighted by Crippen LogP contribution is 2.32. The molecule has 1 spiro atoms. The third-order valence-corrected chi connectivity index (χ3v) is 4.30. The van der Waals surface area contributed by atoms with E-state index in [-0.39, 0.29) is 0 Å². The Bertz CT molecular complexity index is 800. The van der Waals surface area contributed by atoms with Gasteiger partial charge in [-0.05, 0) is 44.2 Å². The lowest BCUT2D eigenvalue weighted by Crippen LogP contribution is -2.41. The van der Waals surface area contributed by atoms with Gasteiger partial charge in [-0.2, -0.15) is 5.10 Å². The molecule has 1 aromatic carbocycles. The maximum atomic E-state index is 5.98. The normalized spacial score (nSPS) is 24.7. The summed E-state index contributed by atoms with van der Waals surface area (Å²) in [5, 5.41) is 4.66.